The number of hydrogen-bond donors (Lipinski definition) is 1. The molecule has 0 aromatic rings. The smallest absolute Gasteiger partial charge is 0.0891 e. The molecule has 0 fully saturated rings. The SMILES string of the molecule is C=C(/C=C\C=C(/C)O)CC.CC.CC.CC. The van der Waals surface area contributed by atoms with Crippen molar-refractivity contribution in [1.29, 1.82) is 0 Å². The van der Waals surface area contributed by atoms with Crippen molar-refractivity contribution >= 4 is 0 Å². The van der Waals surface area contributed by atoms with Gasteiger partial charge in [-0.2, -0.15) is 0 Å². The molecule has 0 aliphatic carbocycles. The number of rotatable bonds is 3. The molecule has 1 N–H and O–H groups in total. The molecular weight excluding hydrogens is 196 g/mol. The summed E-state index contributed by atoms with van der Waals surface area (Å²) < 4.78 is 0. The Hall–Kier alpha value is -0.980. The standard InChI is InChI=1S/C9H14O.3C2H6/c1-4-8(2)6-5-7-9(3)10;3*1-2/h5-7,10H,2,4H2,1,3H3;3*1-2H3/b6-5-,9-7+;;;. The Morgan fingerprint density at radius 2 is 1.44 bits per heavy atom. The Morgan fingerprint density at radius 1 is 1.06 bits per heavy atom. The summed E-state index contributed by atoms with van der Waals surface area (Å²) in [6.45, 7) is 19.5. The monoisotopic (exact) mass is 228 g/mol. The number of allylic oxidation sites excluding steroid dienone is 5. The van der Waals surface area contributed by atoms with Crippen LogP contribution in [0.4, 0.5) is 0 Å². The van der Waals surface area contributed by atoms with Crippen LogP contribution in [0.1, 0.15) is 61.8 Å². The van der Waals surface area contributed by atoms with Crippen molar-refractivity contribution in [2.24, 2.45) is 0 Å². The summed E-state index contributed by atoms with van der Waals surface area (Å²) in [6.07, 6.45) is 6.27. The summed E-state index contributed by atoms with van der Waals surface area (Å²) in [4.78, 5) is 0. The van der Waals surface area contributed by atoms with Gasteiger partial charge in [0, 0.05) is 0 Å². The molecule has 98 valence electrons. The zero-order valence-corrected chi connectivity index (χ0v) is 12.6. The largest absolute Gasteiger partial charge is 0.513 e. The normalized spacial score (nSPS) is 8.88. The maximum absolute atomic E-state index is 8.72. The van der Waals surface area contributed by atoms with Crippen molar-refractivity contribution < 1.29 is 5.11 Å². The molecule has 0 atom stereocenters. The fraction of sp³-hybridized carbons (Fsp3) is 0.600. The molecule has 0 aromatic heterocycles. The van der Waals surface area contributed by atoms with E-state index in [-0.39, 0.29) is 0 Å². The first kappa shape index (κ1) is 24.3. The molecule has 0 heterocycles. The first-order chi connectivity index (χ1) is 7.66. The van der Waals surface area contributed by atoms with E-state index in [1.54, 1.807) is 19.1 Å². The van der Waals surface area contributed by atoms with Crippen LogP contribution in [0.2, 0.25) is 0 Å². The fourth-order valence-electron chi connectivity index (χ4n) is 0.441. The van der Waals surface area contributed by atoms with E-state index < -0.39 is 0 Å². The highest BCUT2D eigenvalue weighted by Gasteiger charge is 1.78. The van der Waals surface area contributed by atoms with E-state index >= 15 is 0 Å². The number of aliphatic hydroxyl groups excluding tert-OH is 1. The Labute approximate surface area is 104 Å². The Bertz CT molecular complexity index is 160. The maximum atomic E-state index is 8.72. The van der Waals surface area contributed by atoms with Crippen LogP contribution < -0.4 is 0 Å². The highest BCUT2D eigenvalue weighted by atomic mass is 16.3. The van der Waals surface area contributed by atoms with Gasteiger partial charge < -0.3 is 5.11 Å². The van der Waals surface area contributed by atoms with Crippen LogP contribution in [0.25, 0.3) is 0 Å². The third-order valence-electron chi connectivity index (χ3n) is 1.12. The highest BCUT2D eigenvalue weighted by Crippen LogP contribution is 1.98. The minimum atomic E-state index is 0.320. The van der Waals surface area contributed by atoms with E-state index in [1.807, 2.05) is 54.5 Å². The molecule has 0 aliphatic heterocycles. The van der Waals surface area contributed by atoms with E-state index in [1.165, 1.54) is 0 Å². The summed E-state index contributed by atoms with van der Waals surface area (Å²) in [6, 6.07) is 0. The number of aliphatic hydroxyl groups is 1. The van der Waals surface area contributed by atoms with Gasteiger partial charge in [0.05, 0.1) is 5.76 Å². The van der Waals surface area contributed by atoms with E-state index in [0.29, 0.717) is 5.76 Å². The van der Waals surface area contributed by atoms with Gasteiger partial charge in [0.25, 0.3) is 0 Å². The van der Waals surface area contributed by atoms with Gasteiger partial charge in [-0.1, -0.05) is 72.8 Å². The second-order valence-electron chi connectivity index (χ2n) is 2.18. The molecule has 1 nitrogen and oxygen atoms in total. The minimum absolute atomic E-state index is 0.320. The van der Waals surface area contributed by atoms with E-state index in [0.717, 1.165) is 12.0 Å². The van der Waals surface area contributed by atoms with Crippen LogP contribution in [-0.2, 0) is 0 Å². The average molecular weight is 228 g/mol. The van der Waals surface area contributed by atoms with E-state index in [4.69, 9.17) is 5.11 Å². The summed E-state index contributed by atoms with van der Waals surface area (Å²) in [5, 5.41) is 8.72. The molecule has 16 heavy (non-hydrogen) atoms. The Morgan fingerprint density at radius 3 is 1.69 bits per heavy atom. The van der Waals surface area contributed by atoms with Crippen molar-refractivity contribution in [3.8, 4) is 0 Å². The molecule has 0 unspecified atom stereocenters. The second-order valence-corrected chi connectivity index (χ2v) is 2.18. The molecule has 0 saturated heterocycles. The maximum Gasteiger partial charge on any atom is 0.0891 e. The lowest BCUT2D eigenvalue weighted by Crippen LogP contribution is -1.69. The first-order valence-corrected chi connectivity index (χ1v) is 6.38. The molecule has 0 spiro atoms. The van der Waals surface area contributed by atoms with Crippen molar-refractivity contribution in [3.63, 3.8) is 0 Å². The van der Waals surface area contributed by atoms with Crippen LogP contribution in [0, 0.1) is 0 Å². The average Bonchev–Trinajstić information content (AvgIpc) is 2.36. The zero-order valence-electron chi connectivity index (χ0n) is 12.6. The van der Waals surface area contributed by atoms with Gasteiger partial charge in [-0.25, -0.2) is 0 Å². The fourth-order valence-corrected chi connectivity index (χ4v) is 0.441. The molecule has 0 amide bonds. The first-order valence-electron chi connectivity index (χ1n) is 6.38. The Kier molecular flexibility index (Phi) is 44.4. The predicted octanol–water partition coefficient (Wildman–Crippen LogP) is 6.05. The molecule has 0 saturated carbocycles. The van der Waals surface area contributed by atoms with E-state index in [2.05, 4.69) is 6.58 Å². The van der Waals surface area contributed by atoms with Gasteiger partial charge in [0.2, 0.25) is 0 Å². The van der Waals surface area contributed by atoms with E-state index in [9.17, 15) is 0 Å². The summed E-state index contributed by atoms with van der Waals surface area (Å²) in [7, 11) is 0. The van der Waals surface area contributed by atoms with Gasteiger partial charge in [0.1, 0.15) is 0 Å². The quantitative estimate of drug-likeness (QED) is 0.460. The molecular formula is C15H32O. The lowest BCUT2D eigenvalue weighted by molar-refractivity contribution is 0.414. The van der Waals surface area contributed by atoms with Gasteiger partial charge >= 0.3 is 0 Å². The number of hydrogen-bond acceptors (Lipinski definition) is 1. The topological polar surface area (TPSA) is 20.2 Å². The lowest BCUT2D eigenvalue weighted by atomic mass is 10.2. The molecule has 0 rings (SSSR count). The highest BCUT2D eigenvalue weighted by molar-refractivity contribution is 5.19. The second kappa shape index (κ2) is 29.2. The summed E-state index contributed by atoms with van der Waals surface area (Å²) in [5.74, 6) is 0.320. The lowest BCUT2D eigenvalue weighted by Gasteiger charge is -1.88. The van der Waals surface area contributed by atoms with Crippen molar-refractivity contribution in [3.05, 3.63) is 36.1 Å². The van der Waals surface area contributed by atoms with Gasteiger partial charge in [0.15, 0.2) is 0 Å². The third kappa shape index (κ3) is 38.2. The molecule has 0 aliphatic rings. The van der Waals surface area contributed by atoms with Crippen molar-refractivity contribution in [2.75, 3.05) is 0 Å². The van der Waals surface area contributed by atoms with Crippen LogP contribution in [0.5, 0.6) is 0 Å². The zero-order chi connectivity index (χ0) is 14.0. The molecule has 0 radical (unpaired) electrons. The van der Waals surface area contributed by atoms with Gasteiger partial charge in [-0.3, -0.25) is 0 Å². The third-order valence-corrected chi connectivity index (χ3v) is 1.12. The van der Waals surface area contributed by atoms with Crippen LogP contribution in [0.3, 0.4) is 0 Å². The van der Waals surface area contributed by atoms with Crippen molar-refractivity contribution in [1.82, 2.24) is 0 Å². The predicted molar refractivity (Wildman–Crippen MR) is 79.0 cm³/mol. The van der Waals surface area contributed by atoms with Crippen LogP contribution in [-0.4, -0.2) is 5.11 Å². The van der Waals surface area contributed by atoms with Crippen LogP contribution >= 0.6 is 0 Å². The van der Waals surface area contributed by atoms with Gasteiger partial charge in [-0.05, 0) is 19.4 Å². The molecule has 0 bridgehead atoms. The summed E-state index contributed by atoms with van der Waals surface area (Å²) >= 11 is 0. The molecule has 1 heteroatoms. The summed E-state index contributed by atoms with van der Waals surface area (Å²) in [5.41, 5.74) is 1.07. The Balaban J connectivity index is -0.000000103. The minimum Gasteiger partial charge on any atom is -0.513 e. The van der Waals surface area contributed by atoms with Crippen LogP contribution in [0.15, 0.2) is 36.1 Å². The molecule has 0 aromatic carbocycles. The van der Waals surface area contributed by atoms with Crippen molar-refractivity contribution in [2.45, 2.75) is 61.8 Å². The van der Waals surface area contributed by atoms with Gasteiger partial charge in [-0.15, -0.1) is 0 Å².